The number of nitrogens with zero attached hydrogens (tertiary/aromatic N) is 4. The van der Waals surface area contributed by atoms with Gasteiger partial charge in [0.2, 0.25) is 0 Å². The number of benzene rings is 1. The fraction of sp³-hybridized carbons (Fsp3) is 0.526. The van der Waals surface area contributed by atoms with Gasteiger partial charge in [-0.05, 0) is 12.0 Å². The minimum Gasteiger partial charge on any atom is -0.496 e. The molecule has 0 amide bonds. The fourth-order valence-corrected chi connectivity index (χ4v) is 2.51. The van der Waals surface area contributed by atoms with Gasteiger partial charge in [0.05, 0.1) is 13.7 Å². The van der Waals surface area contributed by atoms with Crippen molar-refractivity contribution in [2.75, 3.05) is 20.2 Å². The topological polar surface area (TPSA) is 76.4 Å². The predicted molar refractivity (Wildman–Crippen MR) is 104 cm³/mol. The second kappa shape index (κ2) is 10.4. The number of ether oxygens (including phenoxy) is 1. The number of para-hydroxylation sites is 1. The minimum absolute atomic E-state index is 0.540. The van der Waals surface area contributed by atoms with Crippen molar-refractivity contribution >= 4 is 5.96 Å². The molecule has 0 radical (unpaired) electrons. The first kappa shape index (κ1) is 19.8. The van der Waals surface area contributed by atoms with Gasteiger partial charge in [-0.25, -0.2) is 4.99 Å². The first-order valence-electron chi connectivity index (χ1n) is 9.14. The standard InChI is InChI=1S/C19H30N6O/c1-5-18-24-23-14-25(18)11-10-20-19(21-12-15(2)3)22-13-16-8-6-7-9-17(16)26-4/h6-9,14-15H,5,10-13H2,1-4H3,(H2,20,21,22). The van der Waals surface area contributed by atoms with E-state index in [0.717, 1.165) is 49.2 Å². The number of hydrogen-bond donors (Lipinski definition) is 2. The van der Waals surface area contributed by atoms with Crippen LogP contribution in [0, 0.1) is 5.92 Å². The van der Waals surface area contributed by atoms with Crippen molar-refractivity contribution in [3.8, 4) is 5.75 Å². The third kappa shape index (κ3) is 6.06. The van der Waals surface area contributed by atoms with Crippen molar-refractivity contribution in [3.05, 3.63) is 42.0 Å². The van der Waals surface area contributed by atoms with E-state index in [-0.39, 0.29) is 0 Å². The average molecular weight is 358 g/mol. The summed E-state index contributed by atoms with van der Waals surface area (Å²) < 4.78 is 7.47. The van der Waals surface area contributed by atoms with Gasteiger partial charge in [0, 0.05) is 31.6 Å². The second-order valence-corrected chi connectivity index (χ2v) is 6.47. The number of guanidine groups is 1. The average Bonchev–Trinajstić information content (AvgIpc) is 3.11. The Morgan fingerprint density at radius 3 is 2.81 bits per heavy atom. The zero-order chi connectivity index (χ0) is 18.8. The van der Waals surface area contributed by atoms with E-state index >= 15 is 0 Å². The van der Waals surface area contributed by atoms with Gasteiger partial charge in [0.25, 0.3) is 0 Å². The van der Waals surface area contributed by atoms with Crippen molar-refractivity contribution in [3.63, 3.8) is 0 Å². The van der Waals surface area contributed by atoms with Crippen molar-refractivity contribution in [1.29, 1.82) is 0 Å². The van der Waals surface area contributed by atoms with Gasteiger partial charge in [-0.3, -0.25) is 0 Å². The first-order valence-corrected chi connectivity index (χ1v) is 9.14. The maximum Gasteiger partial charge on any atom is 0.191 e. The van der Waals surface area contributed by atoms with E-state index in [4.69, 9.17) is 9.73 Å². The molecule has 1 aromatic carbocycles. The van der Waals surface area contributed by atoms with Crippen LogP contribution in [-0.2, 0) is 19.5 Å². The van der Waals surface area contributed by atoms with Crippen LogP contribution in [-0.4, -0.2) is 40.9 Å². The Morgan fingerprint density at radius 1 is 1.27 bits per heavy atom. The summed E-state index contributed by atoms with van der Waals surface area (Å²) in [5.41, 5.74) is 1.06. The molecule has 7 heteroatoms. The number of hydrogen-bond acceptors (Lipinski definition) is 4. The van der Waals surface area contributed by atoms with Crippen LogP contribution in [0.3, 0.4) is 0 Å². The molecule has 2 aromatic rings. The zero-order valence-corrected chi connectivity index (χ0v) is 16.2. The van der Waals surface area contributed by atoms with E-state index in [1.165, 1.54) is 0 Å². The third-order valence-corrected chi connectivity index (χ3v) is 3.93. The number of rotatable bonds is 9. The Hall–Kier alpha value is -2.57. The van der Waals surface area contributed by atoms with Crippen LogP contribution in [0.25, 0.3) is 0 Å². The monoisotopic (exact) mass is 358 g/mol. The molecule has 0 saturated heterocycles. The maximum absolute atomic E-state index is 5.40. The van der Waals surface area contributed by atoms with Crippen LogP contribution < -0.4 is 15.4 Å². The largest absolute Gasteiger partial charge is 0.496 e. The molecule has 0 aliphatic heterocycles. The molecule has 0 bridgehead atoms. The predicted octanol–water partition coefficient (Wildman–Crippen LogP) is 2.24. The van der Waals surface area contributed by atoms with E-state index in [1.54, 1.807) is 13.4 Å². The summed E-state index contributed by atoms with van der Waals surface area (Å²) in [5.74, 6) is 3.19. The SMILES string of the molecule is CCc1nncn1CCNC(=NCc1ccccc1OC)NCC(C)C. The lowest BCUT2D eigenvalue weighted by Gasteiger charge is -2.15. The van der Waals surface area contributed by atoms with Gasteiger partial charge in [-0.1, -0.05) is 39.0 Å². The lowest BCUT2D eigenvalue weighted by atomic mass is 10.2. The summed E-state index contributed by atoms with van der Waals surface area (Å²) in [7, 11) is 1.68. The van der Waals surface area contributed by atoms with Crippen LogP contribution in [0.1, 0.15) is 32.2 Å². The van der Waals surface area contributed by atoms with Crippen LogP contribution >= 0.6 is 0 Å². The number of methoxy groups -OCH3 is 1. The summed E-state index contributed by atoms with van der Waals surface area (Å²) in [6.45, 7) is 9.41. The highest BCUT2D eigenvalue weighted by Gasteiger charge is 2.05. The Bertz CT molecular complexity index is 695. The van der Waals surface area contributed by atoms with E-state index < -0.39 is 0 Å². The third-order valence-electron chi connectivity index (χ3n) is 3.93. The Balaban J connectivity index is 1.98. The highest BCUT2D eigenvalue weighted by molar-refractivity contribution is 5.79. The van der Waals surface area contributed by atoms with Crippen LogP contribution in [0.2, 0.25) is 0 Å². The molecule has 26 heavy (non-hydrogen) atoms. The van der Waals surface area contributed by atoms with E-state index in [1.807, 2.05) is 24.3 Å². The van der Waals surface area contributed by atoms with Crippen molar-refractivity contribution in [2.24, 2.45) is 10.9 Å². The van der Waals surface area contributed by atoms with Crippen LogP contribution in [0.15, 0.2) is 35.6 Å². The molecular weight excluding hydrogens is 328 g/mol. The smallest absolute Gasteiger partial charge is 0.191 e. The molecule has 0 aliphatic carbocycles. The van der Waals surface area contributed by atoms with E-state index in [9.17, 15) is 0 Å². The lowest BCUT2D eigenvalue weighted by Crippen LogP contribution is -2.40. The molecular formula is C19H30N6O. The number of aliphatic imine (C=N–C) groups is 1. The van der Waals surface area contributed by atoms with E-state index in [0.29, 0.717) is 12.5 Å². The Kier molecular flexibility index (Phi) is 7.92. The lowest BCUT2D eigenvalue weighted by molar-refractivity contribution is 0.410. The molecule has 2 N–H and O–H groups in total. The molecule has 2 rings (SSSR count). The molecule has 0 spiro atoms. The summed E-state index contributed by atoms with van der Waals surface area (Å²) >= 11 is 0. The van der Waals surface area contributed by atoms with Gasteiger partial charge in [-0.15, -0.1) is 10.2 Å². The molecule has 7 nitrogen and oxygen atoms in total. The van der Waals surface area contributed by atoms with Crippen LogP contribution in [0.5, 0.6) is 5.75 Å². The fourth-order valence-electron chi connectivity index (χ4n) is 2.51. The highest BCUT2D eigenvalue weighted by Crippen LogP contribution is 2.17. The number of aromatic nitrogens is 3. The van der Waals surface area contributed by atoms with Gasteiger partial charge in [-0.2, -0.15) is 0 Å². The van der Waals surface area contributed by atoms with Crippen molar-refractivity contribution < 1.29 is 4.74 Å². The molecule has 0 fully saturated rings. The molecule has 1 aromatic heterocycles. The first-order chi connectivity index (χ1) is 12.6. The molecule has 1 heterocycles. The van der Waals surface area contributed by atoms with Crippen molar-refractivity contribution in [2.45, 2.75) is 40.3 Å². The molecule has 142 valence electrons. The highest BCUT2D eigenvalue weighted by atomic mass is 16.5. The Labute approximate surface area is 155 Å². The van der Waals surface area contributed by atoms with Gasteiger partial charge in [0.15, 0.2) is 5.96 Å². The molecule has 0 unspecified atom stereocenters. The normalized spacial score (nSPS) is 11.7. The quantitative estimate of drug-likeness (QED) is 0.531. The van der Waals surface area contributed by atoms with Gasteiger partial charge in [0.1, 0.15) is 17.9 Å². The molecule has 0 atom stereocenters. The number of nitrogens with one attached hydrogen (secondary N) is 2. The molecule has 0 aliphatic rings. The van der Waals surface area contributed by atoms with E-state index in [2.05, 4.69) is 46.2 Å². The van der Waals surface area contributed by atoms with Crippen LogP contribution in [0.4, 0.5) is 0 Å². The minimum atomic E-state index is 0.540. The summed E-state index contributed by atoms with van der Waals surface area (Å²) in [6.07, 6.45) is 2.65. The summed E-state index contributed by atoms with van der Waals surface area (Å²) in [5, 5.41) is 14.9. The van der Waals surface area contributed by atoms with Gasteiger partial charge >= 0.3 is 0 Å². The summed E-state index contributed by atoms with van der Waals surface area (Å²) in [6, 6.07) is 7.96. The van der Waals surface area contributed by atoms with Crippen molar-refractivity contribution in [1.82, 2.24) is 25.4 Å². The van der Waals surface area contributed by atoms with Gasteiger partial charge < -0.3 is 19.9 Å². The second-order valence-electron chi connectivity index (χ2n) is 6.47. The number of aryl methyl sites for hydroxylation is 1. The summed E-state index contributed by atoms with van der Waals surface area (Å²) in [4.78, 5) is 4.71. The maximum atomic E-state index is 5.40. The molecule has 0 saturated carbocycles. The zero-order valence-electron chi connectivity index (χ0n) is 16.2. The Morgan fingerprint density at radius 2 is 2.08 bits per heavy atom.